The molecule has 1 N–H and O–H groups in total. The standard InChI is InChI=1S/C18H12BrN3O3S/c1-25-12-4-2-3-10(7-12)16-13(8-14-17(23)21-18(24)26-14)22-9-11(19)5-6-15(22)20-16/h2-9H,1H3,(H,21,23,24)/b14-8-. The van der Waals surface area contributed by atoms with Crippen molar-refractivity contribution in [1.82, 2.24) is 14.7 Å². The van der Waals surface area contributed by atoms with Crippen molar-refractivity contribution >= 4 is 50.6 Å². The minimum atomic E-state index is -0.401. The van der Waals surface area contributed by atoms with Gasteiger partial charge < -0.3 is 4.74 Å². The molecule has 3 heterocycles. The number of nitrogens with zero attached hydrogens (tertiary/aromatic N) is 2. The lowest BCUT2D eigenvalue weighted by Gasteiger charge is -2.04. The fourth-order valence-corrected chi connectivity index (χ4v) is 3.70. The highest BCUT2D eigenvalue weighted by Crippen LogP contribution is 2.32. The number of imide groups is 1. The van der Waals surface area contributed by atoms with Crippen molar-refractivity contribution in [2.75, 3.05) is 7.11 Å². The second-order valence-electron chi connectivity index (χ2n) is 5.51. The van der Waals surface area contributed by atoms with Gasteiger partial charge in [-0.05, 0) is 58.0 Å². The summed E-state index contributed by atoms with van der Waals surface area (Å²) in [7, 11) is 1.61. The fourth-order valence-electron chi connectivity index (χ4n) is 2.70. The lowest BCUT2D eigenvalue weighted by Crippen LogP contribution is -2.17. The summed E-state index contributed by atoms with van der Waals surface area (Å²) in [6.45, 7) is 0. The Bertz CT molecular complexity index is 1090. The van der Waals surface area contributed by atoms with Gasteiger partial charge in [0, 0.05) is 16.2 Å². The number of carbonyl (C=O) groups excluding carboxylic acids is 2. The van der Waals surface area contributed by atoms with E-state index in [1.165, 1.54) is 0 Å². The van der Waals surface area contributed by atoms with Crippen molar-refractivity contribution in [3.8, 4) is 17.0 Å². The number of imidazole rings is 1. The van der Waals surface area contributed by atoms with Gasteiger partial charge in [-0.2, -0.15) is 0 Å². The lowest BCUT2D eigenvalue weighted by molar-refractivity contribution is -0.115. The number of fused-ring (bicyclic) bond motifs is 1. The summed E-state index contributed by atoms with van der Waals surface area (Å²) >= 11 is 4.34. The van der Waals surface area contributed by atoms with E-state index in [9.17, 15) is 9.59 Å². The first-order valence-electron chi connectivity index (χ1n) is 7.62. The molecule has 0 bridgehead atoms. The highest BCUT2D eigenvalue weighted by atomic mass is 79.9. The van der Waals surface area contributed by atoms with Crippen molar-refractivity contribution in [2.45, 2.75) is 0 Å². The molecule has 0 unspecified atom stereocenters. The van der Waals surface area contributed by atoms with Gasteiger partial charge in [0.1, 0.15) is 11.4 Å². The number of aromatic nitrogens is 2. The van der Waals surface area contributed by atoms with Crippen LogP contribution in [0.4, 0.5) is 4.79 Å². The lowest BCUT2D eigenvalue weighted by atomic mass is 10.1. The van der Waals surface area contributed by atoms with Crippen LogP contribution in [0.5, 0.6) is 5.75 Å². The molecule has 1 aliphatic rings. The minimum Gasteiger partial charge on any atom is -0.497 e. The summed E-state index contributed by atoms with van der Waals surface area (Å²) in [5, 5.41) is 1.90. The topological polar surface area (TPSA) is 72.7 Å². The van der Waals surface area contributed by atoms with Crippen LogP contribution in [0.1, 0.15) is 5.69 Å². The molecule has 1 saturated heterocycles. The summed E-state index contributed by atoms with van der Waals surface area (Å²) in [6, 6.07) is 11.3. The maximum Gasteiger partial charge on any atom is 0.290 e. The van der Waals surface area contributed by atoms with Crippen LogP contribution in [-0.4, -0.2) is 27.6 Å². The predicted octanol–water partition coefficient (Wildman–Crippen LogP) is 4.10. The third kappa shape index (κ3) is 3.02. The molecule has 1 aliphatic heterocycles. The average molecular weight is 430 g/mol. The third-order valence-electron chi connectivity index (χ3n) is 3.87. The van der Waals surface area contributed by atoms with Gasteiger partial charge in [-0.3, -0.25) is 19.3 Å². The normalized spacial score (nSPS) is 15.7. The van der Waals surface area contributed by atoms with E-state index in [0.29, 0.717) is 22.0 Å². The predicted molar refractivity (Wildman–Crippen MR) is 104 cm³/mol. The van der Waals surface area contributed by atoms with Crippen LogP contribution >= 0.6 is 27.7 Å². The number of pyridine rings is 1. The number of ether oxygens (including phenoxy) is 1. The molecule has 6 nitrogen and oxygen atoms in total. The van der Waals surface area contributed by atoms with Gasteiger partial charge in [0.2, 0.25) is 0 Å². The van der Waals surface area contributed by atoms with Gasteiger partial charge in [0.05, 0.1) is 23.4 Å². The first-order chi connectivity index (χ1) is 12.5. The van der Waals surface area contributed by atoms with Gasteiger partial charge in [0.25, 0.3) is 11.1 Å². The van der Waals surface area contributed by atoms with Crippen molar-refractivity contribution in [1.29, 1.82) is 0 Å². The Morgan fingerprint density at radius 3 is 2.85 bits per heavy atom. The Hall–Kier alpha value is -2.58. The highest BCUT2D eigenvalue weighted by molar-refractivity contribution is 9.10. The molecule has 1 aromatic carbocycles. The van der Waals surface area contributed by atoms with Gasteiger partial charge in [-0.15, -0.1) is 0 Å². The first kappa shape index (κ1) is 16.9. The molecular formula is C18H12BrN3O3S. The van der Waals surface area contributed by atoms with Crippen LogP contribution in [0.3, 0.4) is 0 Å². The van der Waals surface area contributed by atoms with Gasteiger partial charge in [-0.25, -0.2) is 4.98 Å². The quantitative estimate of drug-likeness (QED) is 0.634. The summed E-state index contributed by atoms with van der Waals surface area (Å²) in [5.41, 5.74) is 2.99. The van der Waals surface area contributed by atoms with Crippen LogP contribution in [0, 0.1) is 0 Å². The zero-order chi connectivity index (χ0) is 18.3. The van der Waals surface area contributed by atoms with Gasteiger partial charge in [0.15, 0.2) is 0 Å². The number of carbonyl (C=O) groups is 2. The van der Waals surface area contributed by atoms with E-state index >= 15 is 0 Å². The maximum atomic E-state index is 12.0. The Morgan fingerprint density at radius 2 is 2.12 bits per heavy atom. The van der Waals surface area contributed by atoms with Crippen LogP contribution in [0.25, 0.3) is 23.0 Å². The number of hydrogen-bond acceptors (Lipinski definition) is 5. The maximum absolute atomic E-state index is 12.0. The number of rotatable bonds is 3. The molecule has 4 rings (SSSR count). The van der Waals surface area contributed by atoms with Gasteiger partial charge in [-0.1, -0.05) is 12.1 Å². The molecule has 0 saturated carbocycles. The number of nitrogens with one attached hydrogen (secondary N) is 1. The van der Waals surface area contributed by atoms with Crippen LogP contribution in [0.2, 0.25) is 0 Å². The van der Waals surface area contributed by atoms with E-state index in [1.54, 1.807) is 13.2 Å². The second kappa shape index (κ2) is 6.62. The molecular weight excluding hydrogens is 418 g/mol. The van der Waals surface area contributed by atoms with Crippen LogP contribution in [-0.2, 0) is 4.79 Å². The summed E-state index contributed by atoms with van der Waals surface area (Å²) < 4.78 is 8.06. The summed E-state index contributed by atoms with van der Waals surface area (Å²) in [5.74, 6) is 0.309. The number of hydrogen-bond donors (Lipinski definition) is 1. The van der Waals surface area contributed by atoms with E-state index in [1.807, 2.05) is 47.0 Å². The Morgan fingerprint density at radius 1 is 1.27 bits per heavy atom. The number of thioether (sulfide) groups is 1. The van der Waals surface area contributed by atoms with E-state index in [2.05, 4.69) is 21.2 Å². The Kier molecular flexibility index (Phi) is 4.29. The number of halogens is 1. The van der Waals surface area contributed by atoms with Crippen molar-refractivity contribution < 1.29 is 14.3 Å². The minimum absolute atomic E-state index is 0.334. The monoisotopic (exact) mass is 429 g/mol. The fraction of sp³-hybridized carbons (Fsp3) is 0.0556. The summed E-state index contributed by atoms with van der Waals surface area (Å²) in [4.78, 5) is 28.5. The van der Waals surface area contributed by atoms with Crippen molar-refractivity contribution in [2.24, 2.45) is 0 Å². The highest BCUT2D eigenvalue weighted by Gasteiger charge is 2.26. The van der Waals surface area contributed by atoms with Gasteiger partial charge >= 0.3 is 0 Å². The van der Waals surface area contributed by atoms with Crippen LogP contribution in [0.15, 0.2) is 52.0 Å². The molecule has 8 heteroatoms. The molecule has 26 heavy (non-hydrogen) atoms. The molecule has 3 aromatic rings. The molecule has 2 amide bonds. The van der Waals surface area contributed by atoms with E-state index < -0.39 is 5.91 Å². The zero-order valence-electron chi connectivity index (χ0n) is 13.5. The molecule has 2 aromatic heterocycles. The Balaban J connectivity index is 1.96. The molecule has 130 valence electrons. The third-order valence-corrected chi connectivity index (χ3v) is 5.15. The van der Waals surface area contributed by atoms with Crippen LogP contribution < -0.4 is 10.1 Å². The zero-order valence-corrected chi connectivity index (χ0v) is 15.9. The van der Waals surface area contributed by atoms with E-state index in [0.717, 1.165) is 27.4 Å². The van der Waals surface area contributed by atoms with E-state index in [4.69, 9.17) is 9.72 Å². The average Bonchev–Trinajstić information content (AvgIpc) is 3.15. The number of methoxy groups -OCH3 is 1. The number of benzene rings is 1. The van der Waals surface area contributed by atoms with Crippen molar-refractivity contribution in [3.05, 3.63) is 57.7 Å². The smallest absolute Gasteiger partial charge is 0.290 e. The largest absolute Gasteiger partial charge is 0.497 e. The molecule has 0 radical (unpaired) electrons. The number of amides is 2. The Labute approximate surface area is 161 Å². The van der Waals surface area contributed by atoms with Crippen molar-refractivity contribution in [3.63, 3.8) is 0 Å². The first-order valence-corrected chi connectivity index (χ1v) is 9.23. The summed E-state index contributed by atoms with van der Waals surface area (Å²) in [6.07, 6.45) is 3.56. The molecule has 1 fully saturated rings. The second-order valence-corrected chi connectivity index (χ2v) is 7.44. The van der Waals surface area contributed by atoms with E-state index in [-0.39, 0.29) is 5.24 Å². The molecule has 0 aliphatic carbocycles. The SMILES string of the molecule is COc1cccc(-c2nc3ccc(Br)cn3c2/C=C2\SC(=O)NC2=O)c1. The molecule has 0 spiro atoms. The molecule has 0 atom stereocenters.